The predicted molar refractivity (Wildman–Crippen MR) is 114 cm³/mol. The summed E-state index contributed by atoms with van der Waals surface area (Å²) in [5, 5.41) is 27.0. The van der Waals surface area contributed by atoms with E-state index >= 15 is 0 Å². The van der Waals surface area contributed by atoms with Crippen LogP contribution in [0.2, 0.25) is 0 Å². The van der Waals surface area contributed by atoms with E-state index in [1.807, 2.05) is 41.5 Å². The van der Waals surface area contributed by atoms with Crippen LogP contribution in [0.4, 0.5) is 16.2 Å². The third-order valence-electron chi connectivity index (χ3n) is 4.58. The highest BCUT2D eigenvalue weighted by molar-refractivity contribution is 5.89. The van der Waals surface area contributed by atoms with E-state index in [1.165, 1.54) is 12.1 Å². The Morgan fingerprint density at radius 2 is 1.48 bits per heavy atom. The highest BCUT2D eigenvalue weighted by atomic mass is 16.6. The molecule has 3 N–H and O–H groups in total. The van der Waals surface area contributed by atoms with Crippen molar-refractivity contribution < 1.29 is 14.8 Å². The molecule has 2 rings (SSSR count). The van der Waals surface area contributed by atoms with Gasteiger partial charge in [0.2, 0.25) is 0 Å². The second kappa shape index (κ2) is 8.11. The maximum absolute atomic E-state index is 12.4. The van der Waals surface area contributed by atoms with Gasteiger partial charge in [0, 0.05) is 35.5 Å². The van der Waals surface area contributed by atoms with Crippen LogP contribution in [0.3, 0.4) is 0 Å². The molecular formula is C22H29N3O4. The van der Waals surface area contributed by atoms with E-state index in [-0.39, 0.29) is 28.8 Å². The first-order chi connectivity index (χ1) is 13.3. The summed E-state index contributed by atoms with van der Waals surface area (Å²) in [5.41, 5.74) is 2.28. The van der Waals surface area contributed by atoms with Crippen molar-refractivity contribution in [2.45, 2.75) is 58.9 Å². The molecule has 29 heavy (non-hydrogen) atoms. The molecule has 7 nitrogen and oxygen atoms in total. The third-order valence-corrected chi connectivity index (χ3v) is 4.58. The Morgan fingerprint density at radius 1 is 1.00 bits per heavy atom. The minimum Gasteiger partial charge on any atom is -0.507 e. The Labute approximate surface area is 171 Å². The lowest BCUT2D eigenvalue weighted by molar-refractivity contribution is -0.384. The van der Waals surface area contributed by atoms with Gasteiger partial charge in [-0.1, -0.05) is 53.7 Å². The number of amides is 2. The van der Waals surface area contributed by atoms with Crippen molar-refractivity contribution in [3.8, 4) is 5.75 Å². The van der Waals surface area contributed by atoms with Crippen molar-refractivity contribution in [3.05, 3.63) is 63.2 Å². The SMILES string of the molecule is CC(C)(C)c1cc(NC(=O)NCc2ccc([N+](=O)[O-])cc2)cc(C(C)(C)C)c1O. The lowest BCUT2D eigenvalue weighted by Crippen LogP contribution is -2.28. The number of carbonyl (C=O) groups excluding carboxylic acids is 1. The van der Waals surface area contributed by atoms with E-state index in [4.69, 9.17) is 0 Å². The molecule has 2 aromatic rings. The molecule has 0 unspecified atom stereocenters. The largest absolute Gasteiger partial charge is 0.507 e. The number of hydrogen-bond donors (Lipinski definition) is 3. The van der Waals surface area contributed by atoms with E-state index in [0.717, 1.165) is 16.7 Å². The number of rotatable bonds is 4. The van der Waals surface area contributed by atoms with E-state index < -0.39 is 11.0 Å². The van der Waals surface area contributed by atoms with Crippen LogP contribution in [-0.2, 0) is 17.4 Å². The molecule has 0 saturated carbocycles. The maximum atomic E-state index is 12.4. The van der Waals surface area contributed by atoms with Gasteiger partial charge in [-0.3, -0.25) is 10.1 Å². The van der Waals surface area contributed by atoms with Crippen molar-refractivity contribution >= 4 is 17.4 Å². The fourth-order valence-electron chi connectivity index (χ4n) is 2.94. The molecule has 0 radical (unpaired) electrons. The zero-order chi connectivity index (χ0) is 22.0. The van der Waals surface area contributed by atoms with Crippen molar-refractivity contribution in [3.63, 3.8) is 0 Å². The number of hydrogen-bond acceptors (Lipinski definition) is 4. The van der Waals surface area contributed by atoms with Crippen LogP contribution in [0, 0.1) is 10.1 Å². The van der Waals surface area contributed by atoms with Crippen LogP contribution in [0.1, 0.15) is 58.2 Å². The van der Waals surface area contributed by atoms with E-state index in [9.17, 15) is 20.0 Å². The molecule has 0 saturated heterocycles. The van der Waals surface area contributed by atoms with E-state index in [2.05, 4.69) is 10.6 Å². The number of anilines is 1. The van der Waals surface area contributed by atoms with Crippen molar-refractivity contribution in [1.29, 1.82) is 0 Å². The van der Waals surface area contributed by atoms with Gasteiger partial charge in [-0.15, -0.1) is 0 Å². The Hall–Kier alpha value is -3.09. The Morgan fingerprint density at radius 3 is 1.90 bits per heavy atom. The number of benzene rings is 2. The van der Waals surface area contributed by atoms with Gasteiger partial charge in [-0.25, -0.2) is 4.79 Å². The summed E-state index contributed by atoms with van der Waals surface area (Å²) in [4.78, 5) is 22.6. The highest BCUT2D eigenvalue weighted by Gasteiger charge is 2.26. The summed E-state index contributed by atoms with van der Waals surface area (Å²) in [7, 11) is 0. The van der Waals surface area contributed by atoms with Gasteiger partial charge in [0.1, 0.15) is 5.75 Å². The molecule has 0 aromatic heterocycles. The molecule has 2 aromatic carbocycles. The van der Waals surface area contributed by atoms with Crippen molar-refractivity contribution in [2.75, 3.05) is 5.32 Å². The minimum atomic E-state index is -0.464. The Kier molecular flexibility index (Phi) is 6.21. The second-order valence-corrected chi connectivity index (χ2v) is 9.15. The second-order valence-electron chi connectivity index (χ2n) is 9.15. The molecule has 0 bridgehead atoms. The molecule has 2 amide bonds. The molecule has 0 aliphatic rings. The molecule has 156 valence electrons. The highest BCUT2D eigenvalue weighted by Crippen LogP contribution is 2.41. The van der Waals surface area contributed by atoms with Crippen molar-refractivity contribution in [1.82, 2.24) is 5.32 Å². The van der Waals surface area contributed by atoms with Crippen LogP contribution in [0.15, 0.2) is 36.4 Å². The molecule has 0 aliphatic carbocycles. The van der Waals surface area contributed by atoms with Gasteiger partial charge >= 0.3 is 6.03 Å². The average molecular weight is 399 g/mol. The van der Waals surface area contributed by atoms with Crippen LogP contribution in [0.25, 0.3) is 0 Å². The lowest BCUT2D eigenvalue weighted by atomic mass is 9.79. The average Bonchev–Trinajstić information content (AvgIpc) is 2.59. The number of nitro benzene ring substituents is 1. The van der Waals surface area contributed by atoms with E-state index in [0.29, 0.717) is 5.69 Å². The smallest absolute Gasteiger partial charge is 0.319 e. The molecule has 0 heterocycles. The number of non-ortho nitro benzene ring substituents is 1. The van der Waals surface area contributed by atoms with Gasteiger partial charge in [0.25, 0.3) is 5.69 Å². The monoisotopic (exact) mass is 399 g/mol. The van der Waals surface area contributed by atoms with E-state index in [1.54, 1.807) is 24.3 Å². The first-order valence-electron chi connectivity index (χ1n) is 9.45. The van der Waals surface area contributed by atoms with Crippen LogP contribution < -0.4 is 10.6 Å². The zero-order valence-electron chi connectivity index (χ0n) is 17.8. The number of phenols is 1. The molecule has 0 spiro atoms. The zero-order valence-corrected chi connectivity index (χ0v) is 17.8. The Bertz CT molecular complexity index is 872. The molecule has 0 aliphatic heterocycles. The number of carbonyl (C=O) groups is 1. The summed E-state index contributed by atoms with van der Waals surface area (Å²) in [6, 6.07) is 9.20. The van der Waals surface area contributed by atoms with Gasteiger partial charge in [0.05, 0.1) is 4.92 Å². The molecular weight excluding hydrogens is 370 g/mol. The quantitative estimate of drug-likeness (QED) is 0.372. The number of aromatic hydroxyl groups is 1. The topological polar surface area (TPSA) is 104 Å². The van der Waals surface area contributed by atoms with Gasteiger partial charge in [-0.05, 0) is 28.5 Å². The predicted octanol–water partition coefficient (Wildman–Crippen LogP) is 5.22. The number of nitrogens with one attached hydrogen (secondary N) is 2. The fraction of sp³-hybridized carbons (Fsp3) is 0.409. The van der Waals surface area contributed by atoms with Gasteiger partial charge in [-0.2, -0.15) is 0 Å². The lowest BCUT2D eigenvalue weighted by Gasteiger charge is -2.28. The first kappa shape index (κ1) is 22.2. The van der Waals surface area contributed by atoms with Gasteiger partial charge < -0.3 is 15.7 Å². The summed E-state index contributed by atoms with van der Waals surface area (Å²) < 4.78 is 0. The fourth-order valence-corrected chi connectivity index (χ4v) is 2.94. The molecule has 7 heteroatoms. The first-order valence-corrected chi connectivity index (χ1v) is 9.45. The van der Waals surface area contributed by atoms with Crippen LogP contribution in [-0.4, -0.2) is 16.1 Å². The molecule has 0 atom stereocenters. The number of phenolic OH excluding ortho intramolecular Hbond substituents is 1. The van der Waals surface area contributed by atoms with Gasteiger partial charge in [0.15, 0.2) is 0 Å². The number of urea groups is 1. The normalized spacial score (nSPS) is 11.8. The van der Waals surface area contributed by atoms with Crippen molar-refractivity contribution in [2.24, 2.45) is 0 Å². The van der Waals surface area contributed by atoms with Crippen LogP contribution in [0.5, 0.6) is 5.75 Å². The maximum Gasteiger partial charge on any atom is 0.319 e. The summed E-state index contributed by atoms with van der Waals surface area (Å²) >= 11 is 0. The summed E-state index contributed by atoms with van der Waals surface area (Å²) in [5.74, 6) is 0.252. The summed E-state index contributed by atoms with van der Waals surface area (Å²) in [6.07, 6.45) is 0. The third kappa shape index (κ3) is 5.70. The molecule has 0 fully saturated rings. The Balaban J connectivity index is 2.18. The number of nitro groups is 1. The van der Waals surface area contributed by atoms with Crippen LogP contribution >= 0.6 is 0 Å². The minimum absolute atomic E-state index is 0.00622. The summed E-state index contributed by atoms with van der Waals surface area (Å²) in [6.45, 7) is 12.3. The standard InChI is InChI=1S/C22H29N3O4/c1-21(2,3)17-11-15(12-18(19(17)26)22(4,5)6)24-20(27)23-13-14-7-9-16(10-8-14)25(28)29/h7-12,26H,13H2,1-6H3,(H2,23,24,27). The number of nitrogens with zero attached hydrogens (tertiary/aromatic N) is 1.